The fourth-order valence-electron chi connectivity index (χ4n) is 5.43. The number of carbonyl (C=O) groups is 1. The molecule has 3 fully saturated rings. The normalized spacial score (nSPS) is 29.7. The Morgan fingerprint density at radius 2 is 1.69 bits per heavy atom. The fourth-order valence-corrected chi connectivity index (χ4v) is 5.43. The van der Waals surface area contributed by atoms with Crippen LogP contribution in [0.25, 0.3) is 0 Å². The number of nitrogens with zero attached hydrogens (tertiary/aromatic N) is 1. The predicted octanol–water partition coefficient (Wildman–Crippen LogP) is 3.83. The summed E-state index contributed by atoms with van der Waals surface area (Å²) < 4.78 is 26.5. The third-order valence-corrected chi connectivity index (χ3v) is 7.07. The van der Waals surface area contributed by atoms with E-state index in [-0.39, 0.29) is 24.8 Å². The number of carbonyl (C=O) groups excluding carboxylic acids is 1. The van der Waals surface area contributed by atoms with Crippen LogP contribution in [0.4, 0.5) is 8.78 Å². The van der Waals surface area contributed by atoms with E-state index in [2.05, 4.69) is 15.5 Å². The second-order valence-corrected chi connectivity index (χ2v) is 9.13. The molecule has 1 aromatic rings. The van der Waals surface area contributed by atoms with Crippen LogP contribution in [0.3, 0.4) is 0 Å². The van der Waals surface area contributed by atoms with E-state index >= 15 is 0 Å². The maximum absolute atomic E-state index is 13.3. The van der Waals surface area contributed by atoms with E-state index < -0.39 is 5.92 Å². The first-order valence-corrected chi connectivity index (χ1v) is 11.2. The Bertz CT molecular complexity index is 660. The highest BCUT2D eigenvalue weighted by molar-refractivity contribution is 5.94. The first-order valence-electron chi connectivity index (χ1n) is 11.2. The zero-order valence-electron chi connectivity index (χ0n) is 17.1. The molecule has 2 saturated heterocycles. The number of nitrogens with one attached hydrogen (secondary N) is 2. The Morgan fingerprint density at radius 3 is 2.34 bits per heavy atom. The van der Waals surface area contributed by atoms with Gasteiger partial charge < -0.3 is 10.6 Å². The minimum absolute atomic E-state index is 0.0307. The topological polar surface area (TPSA) is 44.4 Å². The molecule has 2 aliphatic heterocycles. The van der Waals surface area contributed by atoms with Crippen LogP contribution in [0.2, 0.25) is 0 Å². The molecule has 4 rings (SSSR count). The molecule has 0 aromatic heterocycles. The molecule has 2 bridgehead atoms. The number of piperidine rings is 1. The van der Waals surface area contributed by atoms with Gasteiger partial charge in [-0.25, -0.2) is 8.78 Å². The summed E-state index contributed by atoms with van der Waals surface area (Å²) in [4.78, 5) is 15.1. The first kappa shape index (κ1) is 20.7. The van der Waals surface area contributed by atoms with Crippen LogP contribution in [0.5, 0.6) is 0 Å². The van der Waals surface area contributed by atoms with Crippen molar-refractivity contribution in [1.29, 1.82) is 0 Å². The highest BCUT2D eigenvalue weighted by atomic mass is 19.3. The van der Waals surface area contributed by atoms with Crippen molar-refractivity contribution in [1.82, 2.24) is 15.5 Å². The van der Waals surface area contributed by atoms with Crippen molar-refractivity contribution in [2.75, 3.05) is 19.6 Å². The minimum atomic E-state index is -2.43. The van der Waals surface area contributed by atoms with Gasteiger partial charge in [0.05, 0.1) is 0 Å². The standard InChI is InChI=1S/C23H33F2N3O/c24-23(25)10-8-17(9-11-23)16-26-12-13-28-20-6-7-21(28)15-19(14-20)27-22(29)18-4-2-1-3-5-18/h1-5,17,19-21,26H,6-16H2,(H,27,29). The van der Waals surface area contributed by atoms with Gasteiger partial charge in [-0.2, -0.15) is 0 Å². The van der Waals surface area contributed by atoms with Crippen molar-refractivity contribution in [2.24, 2.45) is 5.92 Å². The summed E-state index contributed by atoms with van der Waals surface area (Å²) in [7, 11) is 0. The lowest BCUT2D eigenvalue weighted by Gasteiger charge is -2.39. The van der Waals surface area contributed by atoms with Gasteiger partial charge >= 0.3 is 0 Å². The number of benzene rings is 1. The minimum Gasteiger partial charge on any atom is -0.349 e. The molecule has 1 saturated carbocycles. The third kappa shape index (κ3) is 5.34. The summed E-state index contributed by atoms with van der Waals surface area (Å²) in [5.41, 5.74) is 0.729. The van der Waals surface area contributed by atoms with Gasteiger partial charge in [-0.15, -0.1) is 0 Å². The molecule has 2 N–H and O–H groups in total. The van der Waals surface area contributed by atoms with Gasteiger partial charge in [-0.05, 0) is 63.1 Å². The highest BCUT2D eigenvalue weighted by Crippen LogP contribution is 2.36. The van der Waals surface area contributed by atoms with Crippen LogP contribution >= 0.6 is 0 Å². The average Bonchev–Trinajstić information content (AvgIpc) is 2.95. The van der Waals surface area contributed by atoms with Gasteiger partial charge in [0.15, 0.2) is 0 Å². The van der Waals surface area contributed by atoms with E-state index in [1.807, 2.05) is 30.3 Å². The van der Waals surface area contributed by atoms with Gasteiger partial charge in [0.1, 0.15) is 0 Å². The zero-order valence-corrected chi connectivity index (χ0v) is 17.1. The Balaban J connectivity index is 1.17. The summed E-state index contributed by atoms with van der Waals surface area (Å²) in [6, 6.07) is 10.8. The number of fused-ring (bicyclic) bond motifs is 2. The summed E-state index contributed by atoms with van der Waals surface area (Å²) in [6.45, 7) is 2.79. The van der Waals surface area contributed by atoms with Gasteiger partial charge in [-0.1, -0.05) is 18.2 Å². The smallest absolute Gasteiger partial charge is 0.251 e. The number of halogens is 2. The van der Waals surface area contributed by atoms with Crippen LogP contribution in [-0.4, -0.2) is 54.5 Å². The summed E-state index contributed by atoms with van der Waals surface area (Å²) in [6.07, 6.45) is 5.83. The molecule has 0 spiro atoms. The molecule has 1 aromatic carbocycles. The lowest BCUT2D eigenvalue weighted by atomic mass is 9.87. The number of alkyl halides is 2. The van der Waals surface area contributed by atoms with Crippen molar-refractivity contribution < 1.29 is 13.6 Å². The molecule has 2 heterocycles. The monoisotopic (exact) mass is 405 g/mol. The van der Waals surface area contributed by atoms with Crippen molar-refractivity contribution in [2.45, 2.75) is 75.4 Å². The van der Waals surface area contributed by atoms with Gasteiger partial charge in [0.2, 0.25) is 5.92 Å². The maximum Gasteiger partial charge on any atom is 0.251 e. The lowest BCUT2D eigenvalue weighted by molar-refractivity contribution is -0.0455. The molecule has 2 atom stereocenters. The van der Waals surface area contributed by atoms with E-state index in [1.165, 1.54) is 12.8 Å². The highest BCUT2D eigenvalue weighted by Gasteiger charge is 2.40. The van der Waals surface area contributed by atoms with Crippen LogP contribution in [-0.2, 0) is 0 Å². The van der Waals surface area contributed by atoms with Gasteiger partial charge in [0, 0.05) is 49.6 Å². The first-order chi connectivity index (χ1) is 14.0. The largest absolute Gasteiger partial charge is 0.349 e. The fraction of sp³-hybridized carbons (Fsp3) is 0.696. The third-order valence-electron chi connectivity index (χ3n) is 7.07. The Kier molecular flexibility index (Phi) is 6.50. The SMILES string of the molecule is O=C(NC1CC2CCC(C1)N2CCNCC1CCC(F)(F)CC1)c1ccccc1. The number of hydrogen-bond acceptors (Lipinski definition) is 3. The Labute approximate surface area is 172 Å². The van der Waals surface area contributed by atoms with Crippen molar-refractivity contribution >= 4 is 5.91 Å². The second kappa shape index (κ2) is 9.09. The predicted molar refractivity (Wildman–Crippen MR) is 110 cm³/mol. The zero-order chi connectivity index (χ0) is 20.3. The molecule has 1 amide bonds. The molecule has 3 aliphatic rings. The molecule has 160 valence electrons. The summed E-state index contributed by atoms with van der Waals surface area (Å²) in [5, 5.41) is 6.74. The van der Waals surface area contributed by atoms with Gasteiger partial charge in [-0.3, -0.25) is 9.69 Å². The Hall–Kier alpha value is -1.53. The molecule has 0 radical (unpaired) electrons. The quantitative estimate of drug-likeness (QED) is 0.678. The molecule has 4 nitrogen and oxygen atoms in total. The van der Waals surface area contributed by atoms with Crippen LogP contribution < -0.4 is 10.6 Å². The van der Waals surface area contributed by atoms with Crippen molar-refractivity contribution in [3.8, 4) is 0 Å². The average molecular weight is 406 g/mol. The van der Waals surface area contributed by atoms with Crippen LogP contribution in [0.1, 0.15) is 61.7 Å². The Morgan fingerprint density at radius 1 is 1.03 bits per heavy atom. The summed E-state index contributed by atoms with van der Waals surface area (Å²) in [5.74, 6) is -2.01. The lowest BCUT2D eigenvalue weighted by Crippen LogP contribution is -2.51. The molecular formula is C23H33F2N3O. The van der Waals surface area contributed by atoms with Crippen molar-refractivity contribution in [3.05, 3.63) is 35.9 Å². The molecule has 1 aliphatic carbocycles. The number of amides is 1. The summed E-state index contributed by atoms with van der Waals surface area (Å²) >= 11 is 0. The maximum atomic E-state index is 13.3. The number of rotatable bonds is 7. The van der Waals surface area contributed by atoms with E-state index in [4.69, 9.17) is 0 Å². The molecule has 6 heteroatoms. The number of hydrogen-bond donors (Lipinski definition) is 2. The van der Waals surface area contributed by atoms with Gasteiger partial charge in [0.25, 0.3) is 5.91 Å². The van der Waals surface area contributed by atoms with Crippen molar-refractivity contribution in [3.63, 3.8) is 0 Å². The molecular weight excluding hydrogens is 372 g/mol. The van der Waals surface area contributed by atoms with E-state index in [0.717, 1.165) is 38.0 Å². The molecule has 2 unspecified atom stereocenters. The van der Waals surface area contributed by atoms with E-state index in [0.29, 0.717) is 30.8 Å². The van der Waals surface area contributed by atoms with E-state index in [1.54, 1.807) is 0 Å². The van der Waals surface area contributed by atoms with E-state index in [9.17, 15) is 13.6 Å². The second-order valence-electron chi connectivity index (χ2n) is 9.13. The molecule has 29 heavy (non-hydrogen) atoms. The van der Waals surface area contributed by atoms with Crippen LogP contribution in [0, 0.1) is 5.92 Å². The van der Waals surface area contributed by atoms with Crippen LogP contribution in [0.15, 0.2) is 30.3 Å².